The molecule has 2 unspecified atom stereocenters. The van der Waals surface area contributed by atoms with Gasteiger partial charge in [-0.3, -0.25) is 4.79 Å². The second-order valence-corrected chi connectivity index (χ2v) is 3.73. The maximum atomic E-state index is 10.2. The van der Waals surface area contributed by atoms with Crippen LogP contribution < -0.4 is 0 Å². The van der Waals surface area contributed by atoms with Crippen LogP contribution in [0.5, 0.6) is 0 Å². The van der Waals surface area contributed by atoms with Crippen molar-refractivity contribution in [2.24, 2.45) is 5.92 Å². The number of carboxylic acids is 1. The van der Waals surface area contributed by atoms with Crippen molar-refractivity contribution >= 4 is 5.97 Å². The van der Waals surface area contributed by atoms with Crippen LogP contribution in [0.2, 0.25) is 0 Å². The Morgan fingerprint density at radius 3 is 2.54 bits per heavy atom. The predicted molar refractivity (Wildman–Crippen MR) is 51.6 cm³/mol. The molecule has 0 rings (SSSR count). The molecule has 0 aliphatic carbocycles. The second kappa shape index (κ2) is 6.89. The standard InChI is InChI=1S/C10H20O3/c1-3-4-5-8(2)6-9(11)7-10(12)13/h8-9,11H,3-7H2,1-2H3,(H,12,13). The molecule has 0 amide bonds. The molecule has 0 fully saturated rings. The van der Waals surface area contributed by atoms with E-state index in [0.29, 0.717) is 12.3 Å². The first-order chi connectivity index (χ1) is 6.06. The first kappa shape index (κ1) is 12.4. The van der Waals surface area contributed by atoms with Crippen molar-refractivity contribution in [3.63, 3.8) is 0 Å². The van der Waals surface area contributed by atoms with Gasteiger partial charge in [0, 0.05) is 0 Å². The maximum Gasteiger partial charge on any atom is 0.305 e. The Morgan fingerprint density at radius 2 is 2.08 bits per heavy atom. The Hall–Kier alpha value is -0.570. The van der Waals surface area contributed by atoms with E-state index in [4.69, 9.17) is 5.11 Å². The first-order valence-electron chi connectivity index (χ1n) is 4.96. The monoisotopic (exact) mass is 188 g/mol. The second-order valence-electron chi connectivity index (χ2n) is 3.73. The molecule has 0 aliphatic rings. The van der Waals surface area contributed by atoms with Crippen LogP contribution in [0.3, 0.4) is 0 Å². The Morgan fingerprint density at radius 1 is 1.46 bits per heavy atom. The van der Waals surface area contributed by atoms with Gasteiger partial charge in [-0.1, -0.05) is 33.1 Å². The van der Waals surface area contributed by atoms with Gasteiger partial charge in [0.25, 0.3) is 0 Å². The van der Waals surface area contributed by atoms with E-state index in [2.05, 4.69) is 13.8 Å². The summed E-state index contributed by atoms with van der Waals surface area (Å²) in [7, 11) is 0. The van der Waals surface area contributed by atoms with Crippen molar-refractivity contribution < 1.29 is 15.0 Å². The fraction of sp³-hybridized carbons (Fsp3) is 0.900. The third-order valence-corrected chi connectivity index (χ3v) is 2.14. The summed E-state index contributed by atoms with van der Waals surface area (Å²) in [5.74, 6) is -0.496. The topological polar surface area (TPSA) is 57.5 Å². The lowest BCUT2D eigenvalue weighted by Crippen LogP contribution is -2.16. The van der Waals surface area contributed by atoms with Crippen molar-refractivity contribution in [3.8, 4) is 0 Å². The molecule has 3 nitrogen and oxygen atoms in total. The van der Waals surface area contributed by atoms with Gasteiger partial charge in [0.2, 0.25) is 0 Å². The zero-order chi connectivity index (χ0) is 10.3. The summed E-state index contributed by atoms with van der Waals surface area (Å²) in [5.41, 5.74) is 0. The van der Waals surface area contributed by atoms with Crippen LogP contribution in [-0.2, 0) is 4.79 Å². The summed E-state index contributed by atoms with van der Waals surface area (Å²) in [5, 5.41) is 17.7. The molecule has 0 aromatic carbocycles. The fourth-order valence-corrected chi connectivity index (χ4v) is 1.42. The molecule has 2 atom stereocenters. The smallest absolute Gasteiger partial charge is 0.305 e. The highest BCUT2D eigenvalue weighted by molar-refractivity contribution is 5.67. The molecule has 2 N–H and O–H groups in total. The van der Waals surface area contributed by atoms with Crippen LogP contribution in [-0.4, -0.2) is 22.3 Å². The lowest BCUT2D eigenvalue weighted by atomic mass is 9.96. The van der Waals surface area contributed by atoms with Gasteiger partial charge in [0.15, 0.2) is 0 Å². The molecule has 13 heavy (non-hydrogen) atoms. The highest BCUT2D eigenvalue weighted by Gasteiger charge is 2.12. The van der Waals surface area contributed by atoms with E-state index >= 15 is 0 Å². The van der Waals surface area contributed by atoms with Crippen LogP contribution in [0.15, 0.2) is 0 Å². The summed E-state index contributed by atoms with van der Waals surface area (Å²) in [6.07, 6.45) is 3.18. The molecule has 0 saturated heterocycles. The molecular weight excluding hydrogens is 168 g/mol. The first-order valence-corrected chi connectivity index (χ1v) is 4.96. The van der Waals surface area contributed by atoms with Crippen LogP contribution >= 0.6 is 0 Å². The Bertz CT molecular complexity index is 145. The van der Waals surface area contributed by atoms with Gasteiger partial charge < -0.3 is 10.2 Å². The Balaban J connectivity index is 3.52. The predicted octanol–water partition coefficient (Wildman–Crippen LogP) is 2.04. The summed E-state index contributed by atoms with van der Waals surface area (Å²) in [6.45, 7) is 4.18. The van der Waals surface area contributed by atoms with Crippen LogP contribution in [0.25, 0.3) is 0 Å². The minimum Gasteiger partial charge on any atom is -0.481 e. The zero-order valence-corrected chi connectivity index (χ0v) is 8.49. The molecule has 0 aliphatic heterocycles. The summed E-state index contributed by atoms with van der Waals surface area (Å²) in [6, 6.07) is 0. The van der Waals surface area contributed by atoms with Crippen molar-refractivity contribution in [1.29, 1.82) is 0 Å². The average Bonchev–Trinajstić information content (AvgIpc) is 1.98. The largest absolute Gasteiger partial charge is 0.481 e. The molecule has 3 heteroatoms. The highest BCUT2D eigenvalue weighted by Crippen LogP contribution is 2.15. The molecule has 0 aromatic heterocycles. The summed E-state index contributed by atoms with van der Waals surface area (Å²) in [4.78, 5) is 10.2. The number of carbonyl (C=O) groups is 1. The van der Waals surface area contributed by atoms with Gasteiger partial charge in [-0.25, -0.2) is 0 Å². The van der Waals surface area contributed by atoms with E-state index in [1.807, 2.05) is 0 Å². The number of aliphatic hydroxyl groups is 1. The van der Waals surface area contributed by atoms with E-state index in [1.165, 1.54) is 0 Å². The number of rotatable bonds is 7. The maximum absolute atomic E-state index is 10.2. The Labute approximate surface area is 79.8 Å². The SMILES string of the molecule is CCCCC(C)CC(O)CC(=O)O. The van der Waals surface area contributed by atoms with E-state index < -0.39 is 12.1 Å². The van der Waals surface area contributed by atoms with Gasteiger partial charge in [0.05, 0.1) is 12.5 Å². The third kappa shape index (κ3) is 7.78. The number of hydrogen-bond acceptors (Lipinski definition) is 2. The summed E-state index contributed by atoms with van der Waals surface area (Å²) >= 11 is 0. The lowest BCUT2D eigenvalue weighted by Gasteiger charge is -2.14. The van der Waals surface area contributed by atoms with Crippen LogP contribution in [0.1, 0.15) is 46.0 Å². The number of aliphatic hydroxyl groups excluding tert-OH is 1. The third-order valence-electron chi connectivity index (χ3n) is 2.14. The highest BCUT2D eigenvalue weighted by atomic mass is 16.4. The number of unbranched alkanes of at least 4 members (excludes halogenated alkanes) is 1. The van der Waals surface area contributed by atoms with Crippen molar-refractivity contribution in [1.82, 2.24) is 0 Å². The molecule has 0 aromatic rings. The Kier molecular flexibility index (Phi) is 6.59. The van der Waals surface area contributed by atoms with Crippen molar-refractivity contribution in [2.75, 3.05) is 0 Å². The van der Waals surface area contributed by atoms with E-state index in [0.717, 1.165) is 19.3 Å². The van der Waals surface area contributed by atoms with E-state index in [1.54, 1.807) is 0 Å². The molecular formula is C10H20O3. The fourth-order valence-electron chi connectivity index (χ4n) is 1.42. The zero-order valence-electron chi connectivity index (χ0n) is 8.49. The van der Waals surface area contributed by atoms with Gasteiger partial charge in [-0.15, -0.1) is 0 Å². The number of carboxylic acid groups (broad SMARTS) is 1. The van der Waals surface area contributed by atoms with Crippen molar-refractivity contribution in [3.05, 3.63) is 0 Å². The molecule has 0 heterocycles. The minimum absolute atomic E-state index is 0.129. The molecule has 78 valence electrons. The van der Waals surface area contributed by atoms with Gasteiger partial charge >= 0.3 is 5.97 Å². The normalized spacial score (nSPS) is 15.3. The van der Waals surface area contributed by atoms with E-state index in [-0.39, 0.29) is 6.42 Å². The van der Waals surface area contributed by atoms with Crippen LogP contribution in [0.4, 0.5) is 0 Å². The lowest BCUT2D eigenvalue weighted by molar-refractivity contribution is -0.139. The molecule has 0 bridgehead atoms. The molecule has 0 saturated carbocycles. The van der Waals surface area contributed by atoms with Gasteiger partial charge in [-0.2, -0.15) is 0 Å². The van der Waals surface area contributed by atoms with Gasteiger partial charge in [0.1, 0.15) is 0 Å². The number of hydrogen-bond donors (Lipinski definition) is 2. The number of aliphatic carboxylic acids is 1. The molecule has 0 radical (unpaired) electrons. The summed E-state index contributed by atoms with van der Waals surface area (Å²) < 4.78 is 0. The van der Waals surface area contributed by atoms with E-state index in [9.17, 15) is 9.90 Å². The minimum atomic E-state index is -0.921. The van der Waals surface area contributed by atoms with Gasteiger partial charge in [-0.05, 0) is 12.3 Å². The molecule has 0 spiro atoms. The van der Waals surface area contributed by atoms with Crippen LogP contribution in [0, 0.1) is 5.92 Å². The average molecular weight is 188 g/mol. The van der Waals surface area contributed by atoms with Crippen molar-refractivity contribution in [2.45, 2.75) is 52.1 Å². The quantitative estimate of drug-likeness (QED) is 0.642.